The molecule has 23 heavy (non-hydrogen) atoms. The Kier molecular flexibility index (Phi) is 7.06. The van der Waals surface area contributed by atoms with Crippen LogP contribution in [-0.2, 0) is 17.9 Å². The molecule has 2 rings (SSSR count). The highest BCUT2D eigenvalue weighted by Crippen LogP contribution is 2.18. The van der Waals surface area contributed by atoms with Gasteiger partial charge in [0.15, 0.2) is 0 Å². The molecule has 0 spiro atoms. The summed E-state index contributed by atoms with van der Waals surface area (Å²) in [4.78, 5) is 14.2. The fourth-order valence-corrected chi connectivity index (χ4v) is 2.89. The maximum atomic E-state index is 11.7. The largest absolute Gasteiger partial charge is 0.352 e. The lowest BCUT2D eigenvalue weighted by Gasteiger charge is -2.30. The molecule has 0 saturated carbocycles. The van der Waals surface area contributed by atoms with Crippen molar-refractivity contribution in [2.75, 3.05) is 13.1 Å². The fraction of sp³-hybridized carbons (Fsp3) is 0.632. The zero-order valence-corrected chi connectivity index (χ0v) is 14.6. The number of benzene rings is 1. The van der Waals surface area contributed by atoms with Crippen LogP contribution in [0.4, 0.5) is 0 Å². The van der Waals surface area contributed by atoms with Gasteiger partial charge in [-0.3, -0.25) is 9.69 Å². The van der Waals surface area contributed by atoms with E-state index in [1.807, 2.05) is 6.92 Å². The van der Waals surface area contributed by atoms with Gasteiger partial charge in [-0.25, -0.2) is 0 Å². The summed E-state index contributed by atoms with van der Waals surface area (Å²) in [5.41, 5.74) is 8.17. The summed E-state index contributed by atoms with van der Waals surface area (Å²) in [7, 11) is 0. The quantitative estimate of drug-likeness (QED) is 0.813. The smallest absolute Gasteiger partial charge is 0.220 e. The predicted molar refractivity (Wildman–Crippen MR) is 94.8 cm³/mol. The highest BCUT2D eigenvalue weighted by molar-refractivity contribution is 5.75. The van der Waals surface area contributed by atoms with Crippen molar-refractivity contribution >= 4 is 5.91 Å². The second kappa shape index (κ2) is 9.04. The number of amides is 1. The van der Waals surface area contributed by atoms with Gasteiger partial charge >= 0.3 is 0 Å². The standard InChI is InChI=1S/C19H31N3O/c1-15-9-11-22(12-10-15)14-18-6-4-17(5-7-18)13-21-19(23)8-3-16(2)20/h4-7,15-16H,3,8-14,20H2,1-2H3,(H,21,23). The summed E-state index contributed by atoms with van der Waals surface area (Å²) in [5, 5.41) is 2.96. The molecule has 1 aromatic rings. The molecule has 3 N–H and O–H groups in total. The van der Waals surface area contributed by atoms with E-state index in [1.54, 1.807) is 0 Å². The minimum Gasteiger partial charge on any atom is -0.352 e. The molecule has 0 radical (unpaired) electrons. The number of nitrogens with two attached hydrogens (primary N) is 1. The van der Waals surface area contributed by atoms with Gasteiger partial charge in [0, 0.05) is 25.6 Å². The number of nitrogens with one attached hydrogen (secondary N) is 1. The van der Waals surface area contributed by atoms with E-state index in [-0.39, 0.29) is 11.9 Å². The van der Waals surface area contributed by atoms with Gasteiger partial charge in [-0.1, -0.05) is 31.2 Å². The van der Waals surface area contributed by atoms with Gasteiger partial charge in [0.1, 0.15) is 0 Å². The van der Waals surface area contributed by atoms with Gasteiger partial charge in [0.05, 0.1) is 0 Å². The fourth-order valence-electron chi connectivity index (χ4n) is 2.89. The Hall–Kier alpha value is -1.39. The third-order valence-electron chi connectivity index (χ3n) is 4.62. The highest BCUT2D eigenvalue weighted by Gasteiger charge is 2.15. The van der Waals surface area contributed by atoms with Gasteiger partial charge in [-0.2, -0.15) is 0 Å². The van der Waals surface area contributed by atoms with Crippen molar-refractivity contribution in [2.45, 2.75) is 58.7 Å². The van der Waals surface area contributed by atoms with E-state index in [2.05, 4.69) is 41.4 Å². The summed E-state index contributed by atoms with van der Waals surface area (Å²) in [6, 6.07) is 8.68. The Morgan fingerprint density at radius 1 is 1.26 bits per heavy atom. The van der Waals surface area contributed by atoms with Crippen LogP contribution in [0.25, 0.3) is 0 Å². The third kappa shape index (κ3) is 6.71. The first-order valence-electron chi connectivity index (χ1n) is 8.85. The van der Waals surface area contributed by atoms with Crippen LogP contribution in [0.1, 0.15) is 50.7 Å². The molecule has 1 atom stereocenters. The molecule has 1 saturated heterocycles. The first kappa shape index (κ1) is 18.0. The molecule has 4 nitrogen and oxygen atoms in total. The summed E-state index contributed by atoms with van der Waals surface area (Å²) >= 11 is 0. The van der Waals surface area contributed by atoms with Crippen molar-refractivity contribution in [1.82, 2.24) is 10.2 Å². The van der Waals surface area contributed by atoms with Crippen LogP contribution in [0.2, 0.25) is 0 Å². The van der Waals surface area contributed by atoms with Gasteiger partial charge in [-0.05, 0) is 56.3 Å². The highest BCUT2D eigenvalue weighted by atomic mass is 16.1. The van der Waals surface area contributed by atoms with E-state index >= 15 is 0 Å². The van der Waals surface area contributed by atoms with Crippen LogP contribution in [0.3, 0.4) is 0 Å². The molecule has 0 bridgehead atoms. The van der Waals surface area contributed by atoms with E-state index in [9.17, 15) is 4.79 Å². The van der Waals surface area contributed by atoms with Gasteiger partial charge in [0.2, 0.25) is 5.91 Å². The SMILES string of the molecule is CC(N)CCC(=O)NCc1ccc(CN2CCC(C)CC2)cc1. The number of rotatable bonds is 7. The number of hydrogen-bond acceptors (Lipinski definition) is 3. The topological polar surface area (TPSA) is 58.4 Å². The number of piperidine rings is 1. The molecule has 128 valence electrons. The molecule has 0 aromatic heterocycles. The molecule has 1 amide bonds. The zero-order valence-electron chi connectivity index (χ0n) is 14.6. The summed E-state index contributed by atoms with van der Waals surface area (Å²) in [6.07, 6.45) is 3.86. The second-order valence-corrected chi connectivity index (χ2v) is 7.07. The average molecular weight is 317 g/mol. The number of carbonyl (C=O) groups excluding carboxylic acids is 1. The molecule has 1 unspecified atom stereocenters. The van der Waals surface area contributed by atoms with Crippen molar-refractivity contribution < 1.29 is 4.79 Å². The van der Waals surface area contributed by atoms with Crippen molar-refractivity contribution in [3.05, 3.63) is 35.4 Å². The minimum absolute atomic E-state index is 0.0776. The van der Waals surface area contributed by atoms with E-state index in [0.29, 0.717) is 13.0 Å². The Morgan fingerprint density at radius 2 is 1.87 bits per heavy atom. The first-order valence-corrected chi connectivity index (χ1v) is 8.85. The number of hydrogen-bond donors (Lipinski definition) is 2. The maximum Gasteiger partial charge on any atom is 0.220 e. The minimum atomic E-state index is 0.0776. The van der Waals surface area contributed by atoms with E-state index in [1.165, 1.54) is 31.5 Å². The number of nitrogens with zero attached hydrogens (tertiary/aromatic N) is 1. The van der Waals surface area contributed by atoms with Crippen molar-refractivity contribution in [3.8, 4) is 0 Å². The molecule has 1 aliphatic rings. The van der Waals surface area contributed by atoms with E-state index in [4.69, 9.17) is 5.73 Å². The van der Waals surface area contributed by atoms with Gasteiger partial charge in [-0.15, -0.1) is 0 Å². The lowest BCUT2D eigenvalue weighted by Crippen LogP contribution is -2.32. The summed E-state index contributed by atoms with van der Waals surface area (Å²) in [5.74, 6) is 0.952. The molecular weight excluding hydrogens is 286 g/mol. The Balaban J connectivity index is 1.72. The Labute approximate surface area is 140 Å². The van der Waals surface area contributed by atoms with Gasteiger partial charge < -0.3 is 11.1 Å². The zero-order chi connectivity index (χ0) is 16.7. The van der Waals surface area contributed by atoms with Gasteiger partial charge in [0.25, 0.3) is 0 Å². The van der Waals surface area contributed by atoms with Crippen molar-refractivity contribution in [1.29, 1.82) is 0 Å². The van der Waals surface area contributed by atoms with E-state index < -0.39 is 0 Å². The second-order valence-electron chi connectivity index (χ2n) is 7.07. The lowest BCUT2D eigenvalue weighted by atomic mass is 9.99. The normalized spacial score (nSPS) is 17.9. The molecule has 1 heterocycles. The van der Waals surface area contributed by atoms with E-state index in [0.717, 1.165) is 24.4 Å². The lowest BCUT2D eigenvalue weighted by molar-refractivity contribution is -0.121. The molecule has 0 aliphatic carbocycles. The first-order chi connectivity index (χ1) is 11.0. The molecule has 1 fully saturated rings. The molecule has 1 aliphatic heterocycles. The maximum absolute atomic E-state index is 11.7. The Morgan fingerprint density at radius 3 is 2.48 bits per heavy atom. The monoisotopic (exact) mass is 317 g/mol. The molecule has 4 heteroatoms. The number of carbonyl (C=O) groups is 1. The Bertz CT molecular complexity index is 476. The summed E-state index contributed by atoms with van der Waals surface area (Å²) in [6.45, 7) is 8.31. The van der Waals surface area contributed by atoms with Crippen LogP contribution in [-0.4, -0.2) is 29.9 Å². The van der Waals surface area contributed by atoms with Crippen LogP contribution < -0.4 is 11.1 Å². The summed E-state index contributed by atoms with van der Waals surface area (Å²) < 4.78 is 0. The average Bonchev–Trinajstić information content (AvgIpc) is 2.54. The van der Waals surface area contributed by atoms with Crippen LogP contribution >= 0.6 is 0 Å². The predicted octanol–water partition coefficient (Wildman–Crippen LogP) is 2.66. The van der Waals surface area contributed by atoms with Crippen molar-refractivity contribution in [2.24, 2.45) is 11.7 Å². The molecule has 1 aromatic carbocycles. The van der Waals surface area contributed by atoms with Crippen LogP contribution in [0.15, 0.2) is 24.3 Å². The molecular formula is C19H31N3O. The third-order valence-corrected chi connectivity index (χ3v) is 4.62. The van der Waals surface area contributed by atoms with Crippen LogP contribution in [0.5, 0.6) is 0 Å². The van der Waals surface area contributed by atoms with Crippen LogP contribution in [0, 0.1) is 5.92 Å². The van der Waals surface area contributed by atoms with Crippen molar-refractivity contribution in [3.63, 3.8) is 0 Å². The number of likely N-dealkylation sites (tertiary alicyclic amines) is 1.